The minimum Gasteiger partial charge on any atom is -0.322 e. The van der Waals surface area contributed by atoms with Crippen LogP contribution in [0.2, 0.25) is 0 Å². The molecule has 20 heavy (non-hydrogen) atoms. The Morgan fingerprint density at radius 3 is 2.50 bits per heavy atom. The van der Waals surface area contributed by atoms with E-state index in [0.29, 0.717) is 5.56 Å². The van der Waals surface area contributed by atoms with Gasteiger partial charge < -0.3 is 5.32 Å². The van der Waals surface area contributed by atoms with Crippen molar-refractivity contribution in [3.63, 3.8) is 0 Å². The van der Waals surface area contributed by atoms with Gasteiger partial charge in [-0.25, -0.2) is 13.2 Å². The summed E-state index contributed by atoms with van der Waals surface area (Å²) in [5.41, 5.74) is 0.343. The van der Waals surface area contributed by atoms with Gasteiger partial charge in [0, 0.05) is 5.69 Å². The summed E-state index contributed by atoms with van der Waals surface area (Å²) in [5.74, 6) is -2.98. The number of anilines is 1. The van der Waals surface area contributed by atoms with E-state index in [9.17, 15) is 18.0 Å². The van der Waals surface area contributed by atoms with Crippen LogP contribution in [-0.4, -0.2) is 5.91 Å². The lowest BCUT2D eigenvalue weighted by atomic mass is 10.1. The first-order valence-electron chi connectivity index (χ1n) is 5.60. The summed E-state index contributed by atoms with van der Waals surface area (Å²) in [7, 11) is 0. The fourth-order valence-electron chi connectivity index (χ4n) is 1.64. The quantitative estimate of drug-likeness (QED) is 0.858. The number of benzene rings is 2. The van der Waals surface area contributed by atoms with E-state index in [4.69, 9.17) is 0 Å². The molecule has 0 saturated carbocycles. The van der Waals surface area contributed by atoms with E-state index in [1.54, 1.807) is 6.92 Å². The summed E-state index contributed by atoms with van der Waals surface area (Å²) in [6.45, 7) is 1.65. The van der Waals surface area contributed by atoms with Crippen LogP contribution >= 0.6 is 15.9 Å². The predicted octanol–water partition coefficient (Wildman–Crippen LogP) is 4.43. The van der Waals surface area contributed by atoms with Crippen LogP contribution in [-0.2, 0) is 0 Å². The highest BCUT2D eigenvalue weighted by atomic mass is 79.9. The average molecular weight is 344 g/mol. The molecule has 0 aliphatic rings. The number of nitrogens with one attached hydrogen (secondary N) is 1. The Balaban J connectivity index is 2.32. The lowest BCUT2D eigenvalue weighted by Gasteiger charge is -2.10. The second kappa shape index (κ2) is 5.66. The van der Waals surface area contributed by atoms with Gasteiger partial charge in [-0.15, -0.1) is 0 Å². The minimum absolute atomic E-state index is 0.194. The molecule has 104 valence electrons. The molecule has 0 aliphatic carbocycles. The number of carbonyl (C=O) groups excluding carboxylic acids is 1. The van der Waals surface area contributed by atoms with Crippen molar-refractivity contribution in [2.24, 2.45) is 0 Å². The maximum absolute atomic E-state index is 13.5. The van der Waals surface area contributed by atoms with Gasteiger partial charge in [0.1, 0.15) is 17.5 Å². The van der Waals surface area contributed by atoms with Crippen LogP contribution in [0.1, 0.15) is 15.9 Å². The van der Waals surface area contributed by atoms with Crippen molar-refractivity contribution < 1.29 is 18.0 Å². The van der Waals surface area contributed by atoms with Crippen LogP contribution in [0.25, 0.3) is 0 Å². The van der Waals surface area contributed by atoms with Crippen LogP contribution in [0.15, 0.2) is 34.8 Å². The first kappa shape index (κ1) is 14.6. The molecule has 0 fully saturated rings. The maximum atomic E-state index is 13.5. The predicted molar refractivity (Wildman–Crippen MR) is 73.1 cm³/mol. The van der Waals surface area contributed by atoms with Gasteiger partial charge in [0.15, 0.2) is 0 Å². The number of halogens is 4. The minimum atomic E-state index is -0.848. The summed E-state index contributed by atoms with van der Waals surface area (Å²) in [6.07, 6.45) is 0. The molecule has 6 heteroatoms. The highest BCUT2D eigenvalue weighted by Gasteiger charge is 2.15. The summed E-state index contributed by atoms with van der Waals surface area (Å²) in [4.78, 5) is 11.9. The van der Waals surface area contributed by atoms with E-state index in [1.165, 1.54) is 6.07 Å². The molecule has 2 nitrogen and oxygen atoms in total. The Morgan fingerprint density at radius 1 is 1.10 bits per heavy atom. The second-order valence-corrected chi connectivity index (χ2v) is 5.01. The number of carbonyl (C=O) groups is 1. The normalized spacial score (nSPS) is 10.4. The summed E-state index contributed by atoms with van der Waals surface area (Å²) < 4.78 is 40.2. The number of aryl methyl sites for hydroxylation is 1. The summed E-state index contributed by atoms with van der Waals surface area (Å²) >= 11 is 3.02. The molecule has 1 amide bonds. The Hall–Kier alpha value is -1.82. The molecule has 0 atom stereocenters. The van der Waals surface area contributed by atoms with Gasteiger partial charge in [-0.2, -0.15) is 0 Å². The molecule has 2 rings (SSSR count). The van der Waals surface area contributed by atoms with Gasteiger partial charge in [-0.3, -0.25) is 4.79 Å². The highest BCUT2D eigenvalue weighted by molar-refractivity contribution is 9.10. The van der Waals surface area contributed by atoms with Crippen LogP contribution in [0.4, 0.5) is 18.9 Å². The van der Waals surface area contributed by atoms with E-state index in [-0.39, 0.29) is 10.2 Å². The molecular formula is C14H9BrF3NO. The smallest absolute Gasteiger partial charge is 0.258 e. The molecular weight excluding hydrogens is 335 g/mol. The fraction of sp³-hybridized carbons (Fsp3) is 0.0714. The van der Waals surface area contributed by atoms with Gasteiger partial charge in [0.25, 0.3) is 5.91 Å². The van der Waals surface area contributed by atoms with Crippen LogP contribution in [0, 0.1) is 24.4 Å². The van der Waals surface area contributed by atoms with E-state index in [2.05, 4.69) is 21.2 Å². The monoisotopic (exact) mass is 343 g/mol. The van der Waals surface area contributed by atoms with E-state index in [0.717, 1.165) is 24.3 Å². The highest BCUT2D eigenvalue weighted by Crippen LogP contribution is 2.24. The van der Waals surface area contributed by atoms with E-state index < -0.39 is 28.9 Å². The standard InChI is InChI=1S/C14H9BrF3NO/c1-7-4-10(15)12(18)6-13(7)19-14(20)9-5-8(16)2-3-11(9)17/h2-6H,1H3,(H,19,20). The van der Waals surface area contributed by atoms with Gasteiger partial charge in [-0.1, -0.05) is 0 Å². The van der Waals surface area contributed by atoms with Gasteiger partial charge in [0.2, 0.25) is 0 Å². The topological polar surface area (TPSA) is 29.1 Å². The molecule has 0 bridgehead atoms. The van der Waals surface area contributed by atoms with Crippen molar-refractivity contribution in [2.45, 2.75) is 6.92 Å². The zero-order chi connectivity index (χ0) is 14.9. The Kier molecular flexibility index (Phi) is 4.13. The molecule has 0 saturated heterocycles. The number of amides is 1. The molecule has 2 aromatic rings. The molecule has 0 spiro atoms. The first-order valence-corrected chi connectivity index (χ1v) is 6.40. The fourth-order valence-corrected chi connectivity index (χ4v) is 2.10. The third kappa shape index (κ3) is 3.01. The average Bonchev–Trinajstić information content (AvgIpc) is 2.38. The van der Waals surface area contributed by atoms with Crippen LogP contribution in [0.3, 0.4) is 0 Å². The number of hydrogen-bond acceptors (Lipinski definition) is 1. The first-order chi connectivity index (χ1) is 9.38. The summed E-state index contributed by atoms with van der Waals surface area (Å²) in [5, 5.41) is 2.36. The van der Waals surface area contributed by atoms with Crippen LogP contribution in [0.5, 0.6) is 0 Å². The molecule has 0 aliphatic heterocycles. The maximum Gasteiger partial charge on any atom is 0.258 e. The largest absolute Gasteiger partial charge is 0.322 e. The van der Waals surface area contributed by atoms with Crippen molar-refractivity contribution in [3.8, 4) is 0 Å². The van der Waals surface area contributed by atoms with Crippen molar-refractivity contribution >= 4 is 27.5 Å². The SMILES string of the molecule is Cc1cc(Br)c(F)cc1NC(=O)c1cc(F)ccc1F. The van der Waals surface area contributed by atoms with E-state index in [1.807, 2.05) is 0 Å². The molecule has 0 heterocycles. The molecule has 2 aromatic carbocycles. The molecule has 1 N–H and O–H groups in total. The lowest BCUT2D eigenvalue weighted by molar-refractivity contribution is 0.102. The van der Waals surface area contributed by atoms with Gasteiger partial charge in [0.05, 0.1) is 10.0 Å². The van der Waals surface area contributed by atoms with Gasteiger partial charge in [-0.05, 0) is 58.7 Å². The zero-order valence-corrected chi connectivity index (χ0v) is 11.9. The Bertz CT molecular complexity index is 688. The zero-order valence-electron chi connectivity index (χ0n) is 10.3. The van der Waals surface area contributed by atoms with Crippen molar-refractivity contribution in [1.29, 1.82) is 0 Å². The van der Waals surface area contributed by atoms with Crippen molar-refractivity contribution in [2.75, 3.05) is 5.32 Å². The Labute approximate surface area is 121 Å². The van der Waals surface area contributed by atoms with Crippen LogP contribution < -0.4 is 5.32 Å². The van der Waals surface area contributed by atoms with Crippen molar-refractivity contribution in [1.82, 2.24) is 0 Å². The second-order valence-electron chi connectivity index (χ2n) is 4.16. The Morgan fingerprint density at radius 2 is 1.80 bits per heavy atom. The number of rotatable bonds is 2. The lowest BCUT2D eigenvalue weighted by Crippen LogP contribution is -2.15. The summed E-state index contributed by atoms with van der Waals surface area (Å²) in [6, 6.07) is 5.15. The van der Waals surface area contributed by atoms with Gasteiger partial charge >= 0.3 is 0 Å². The molecule has 0 aromatic heterocycles. The third-order valence-corrected chi connectivity index (χ3v) is 3.30. The molecule has 0 unspecified atom stereocenters. The number of hydrogen-bond donors (Lipinski definition) is 1. The third-order valence-electron chi connectivity index (χ3n) is 2.69. The van der Waals surface area contributed by atoms with E-state index >= 15 is 0 Å². The molecule has 0 radical (unpaired) electrons. The van der Waals surface area contributed by atoms with Crippen molar-refractivity contribution in [3.05, 3.63) is 63.4 Å².